The fourth-order valence-electron chi connectivity index (χ4n) is 5.47. The second-order valence-electron chi connectivity index (χ2n) is 19.3. The molecule has 0 bridgehead atoms. The molecule has 1 saturated heterocycles. The molecule has 3 aromatic carbocycles. The van der Waals surface area contributed by atoms with Crippen molar-refractivity contribution in [3.05, 3.63) is 89.5 Å². The average molecular weight is 745 g/mol. The van der Waals surface area contributed by atoms with E-state index in [2.05, 4.69) is 177 Å². The summed E-state index contributed by atoms with van der Waals surface area (Å²) in [5, 5.41) is 0.653. The van der Waals surface area contributed by atoms with Crippen LogP contribution in [-0.4, -0.2) is 50.6 Å². The molecule has 1 heterocycles. The lowest BCUT2D eigenvalue weighted by molar-refractivity contribution is 0.109. The van der Waals surface area contributed by atoms with Gasteiger partial charge in [0, 0.05) is 0 Å². The molecule has 0 saturated carbocycles. The Morgan fingerprint density at radius 1 is 0.353 bits per heavy atom. The molecule has 12 heteroatoms. The third kappa shape index (κ3) is 12.4. The maximum Gasteiger partial charge on any atom is 0.467 e. The van der Waals surface area contributed by atoms with Crippen LogP contribution in [0.25, 0.3) is 0 Å². The van der Waals surface area contributed by atoms with Gasteiger partial charge in [0.05, 0.1) is 16.8 Å². The maximum atomic E-state index is 6.58. The second kappa shape index (κ2) is 15.9. The molecule has 1 aliphatic heterocycles. The molecular weight excluding hydrogens is 681 g/mol. The zero-order valence-electron chi connectivity index (χ0n) is 34.2. The molecule has 0 amide bonds. The van der Waals surface area contributed by atoms with Crippen molar-refractivity contribution in [2.75, 3.05) is 0 Å². The summed E-state index contributed by atoms with van der Waals surface area (Å²) in [6, 6.07) is 25.3. The summed E-state index contributed by atoms with van der Waals surface area (Å²) in [5.41, 5.74) is 5.07. The molecule has 51 heavy (non-hydrogen) atoms. The highest BCUT2D eigenvalue weighted by atomic mass is 28.2. The van der Waals surface area contributed by atoms with Crippen LogP contribution in [0.2, 0.25) is 15.1 Å². The summed E-state index contributed by atoms with van der Waals surface area (Å²) in [6.07, 6.45) is 0. The Kier molecular flexibility index (Phi) is 13.1. The summed E-state index contributed by atoms with van der Waals surface area (Å²) in [5.74, 6) is 0. The molecule has 0 atom stereocenters. The van der Waals surface area contributed by atoms with E-state index in [0.29, 0.717) is 0 Å². The quantitative estimate of drug-likeness (QED) is 0.216. The van der Waals surface area contributed by atoms with Gasteiger partial charge in [-0.15, -0.1) is 0 Å². The Bertz CT molecular complexity index is 1370. The van der Waals surface area contributed by atoms with Gasteiger partial charge in [0.2, 0.25) is 0 Å². The first-order valence-electron chi connectivity index (χ1n) is 18.5. The summed E-state index contributed by atoms with van der Waals surface area (Å²) >= 11 is 0. The lowest BCUT2D eigenvalue weighted by Crippen LogP contribution is -2.61. The smallest absolute Gasteiger partial charge is 0.445 e. The first-order chi connectivity index (χ1) is 23.3. The maximum absolute atomic E-state index is 6.58. The highest BCUT2D eigenvalue weighted by molar-refractivity contribution is 6.87. The van der Waals surface area contributed by atoms with Crippen molar-refractivity contribution in [2.24, 2.45) is 0 Å². The minimum Gasteiger partial charge on any atom is -0.445 e. The highest BCUT2D eigenvalue weighted by Gasteiger charge is 2.44. The molecule has 0 unspecified atom stereocenters. The van der Waals surface area contributed by atoms with Gasteiger partial charge in [0.15, 0.2) is 29.3 Å². The van der Waals surface area contributed by atoms with Gasteiger partial charge >= 0.3 is 21.4 Å². The summed E-state index contributed by atoms with van der Waals surface area (Å²) in [6.45, 7) is 33.1. The molecule has 0 N–H and O–H groups in total. The standard InChI is InChI=1S/C39H63B3O6Si3/c1-34(2,3)49-43-37(10,11)28-16-22-31(23-17-28)40-46-41(32-24-18-29(19-25-32)38(12,13)44-50-35(4,5)6)48-42(47-40)33-26-20-30(21-27-33)39(14,15)45-51-36(7,8)9/h16-27H,49-51H2,1-15H3. The Morgan fingerprint density at radius 3 is 0.725 bits per heavy atom. The van der Waals surface area contributed by atoms with Crippen LogP contribution in [0, 0.1) is 0 Å². The summed E-state index contributed by atoms with van der Waals surface area (Å²) < 4.78 is 39.2. The number of benzene rings is 3. The average Bonchev–Trinajstić information content (AvgIpc) is 3.05. The van der Waals surface area contributed by atoms with Crippen LogP contribution in [-0.2, 0) is 43.8 Å². The molecule has 6 nitrogen and oxygen atoms in total. The molecule has 0 aromatic heterocycles. The molecule has 276 valence electrons. The van der Waals surface area contributed by atoms with E-state index in [1.807, 2.05) is 0 Å². The van der Waals surface area contributed by atoms with Gasteiger partial charge in [-0.3, -0.25) is 0 Å². The molecular formula is C39H63B3O6Si3. The SMILES string of the molecule is CC(C)(C)[SiH2]OC(C)(C)c1ccc(B2OB(c3ccc(C(C)(C)O[SiH2]C(C)(C)C)cc3)OB(c3ccc(C(C)(C)O[SiH2]C(C)(C)C)cc3)O2)cc1. The topological polar surface area (TPSA) is 55.4 Å². The molecule has 0 radical (unpaired) electrons. The van der Waals surface area contributed by atoms with E-state index in [1.165, 1.54) is 0 Å². The predicted molar refractivity (Wildman–Crippen MR) is 226 cm³/mol. The second-order valence-corrected chi connectivity index (χ2v) is 27.4. The number of rotatable bonds is 12. The lowest BCUT2D eigenvalue weighted by Gasteiger charge is -2.33. The largest absolute Gasteiger partial charge is 0.467 e. The molecule has 0 spiro atoms. The fraction of sp³-hybridized carbons (Fsp3) is 0.538. The van der Waals surface area contributed by atoms with E-state index in [1.54, 1.807) is 0 Å². The van der Waals surface area contributed by atoms with Crippen LogP contribution >= 0.6 is 0 Å². The van der Waals surface area contributed by atoms with Crippen molar-refractivity contribution < 1.29 is 27.0 Å². The summed E-state index contributed by atoms with van der Waals surface area (Å²) in [4.78, 5) is 0. The van der Waals surface area contributed by atoms with Crippen LogP contribution in [0.4, 0.5) is 0 Å². The van der Waals surface area contributed by atoms with E-state index in [-0.39, 0.29) is 31.9 Å². The first-order valence-corrected chi connectivity index (χ1v) is 22.4. The van der Waals surface area contributed by atoms with Gasteiger partial charge in [-0.25, -0.2) is 0 Å². The van der Waals surface area contributed by atoms with E-state index in [4.69, 9.17) is 27.0 Å². The molecule has 0 aliphatic carbocycles. The Morgan fingerprint density at radius 2 is 0.549 bits per heavy atom. The molecule has 4 rings (SSSR count). The summed E-state index contributed by atoms with van der Waals surface area (Å²) in [7, 11) is -4.07. The van der Waals surface area contributed by atoms with Gasteiger partial charge < -0.3 is 27.0 Å². The Hall–Kier alpha value is -1.73. The van der Waals surface area contributed by atoms with Crippen LogP contribution in [0.3, 0.4) is 0 Å². The minimum absolute atomic E-state index is 0.218. The minimum atomic E-state index is -0.722. The first kappa shape index (κ1) is 42.0. The monoisotopic (exact) mass is 744 g/mol. The zero-order valence-corrected chi connectivity index (χ0v) is 38.5. The third-order valence-electron chi connectivity index (χ3n) is 8.97. The van der Waals surface area contributed by atoms with Gasteiger partial charge in [-0.1, -0.05) is 135 Å². The van der Waals surface area contributed by atoms with E-state index in [9.17, 15) is 0 Å². The van der Waals surface area contributed by atoms with Gasteiger partial charge in [-0.2, -0.15) is 0 Å². The van der Waals surface area contributed by atoms with E-state index in [0.717, 1.165) is 33.1 Å². The zero-order chi connectivity index (χ0) is 38.0. The highest BCUT2D eigenvalue weighted by Crippen LogP contribution is 2.32. The van der Waals surface area contributed by atoms with E-state index >= 15 is 0 Å². The van der Waals surface area contributed by atoms with Crippen LogP contribution < -0.4 is 16.4 Å². The van der Waals surface area contributed by atoms with Crippen LogP contribution in [0.15, 0.2) is 72.8 Å². The van der Waals surface area contributed by atoms with Crippen molar-refractivity contribution in [3.8, 4) is 0 Å². The van der Waals surface area contributed by atoms with Crippen molar-refractivity contribution in [1.29, 1.82) is 0 Å². The fourth-order valence-corrected chi connectivity index (χ4v) is 8.35. The lowest BCUT2D eigenvalue weighted by atomic mass is 9.61. The van der Waals surface area contributed by atoms with Gasteiger partial charge in [0.25, 0.3) is 0 Å². The van der Waals surface area contributed by atoms with Gasteiger partial charge in [0.1, 0.15) is 0 Å². The number of hydrogen-bond donors (Lipinski definition) is 0. The van der Waals surface area contributed by atoms with Crippen molar-refractivity contribution >= 4 is 67.0 Å². The van der Waals surface area contributed by atoms with Gasteiger partial charge in [-0.05, 0) is 89.7 Å². The van der Waals surface area contributed by atoms with E-state index < -0.39 is 50.6 Å². The molecule has 3 aromatic rings. The number of hydrogen-bond acceptors (Lipinski definition) is 6. The normalized spacial score (nSPS) is 16.2. The molecule has 1 aliphatic rings. The van der Waals surface area contributed by atoms with Crippen LogP contribution in [0.1, 0.15) is 121 Å². The van der Waals surface area contributed by atoms with Crippen molar-refractivity contribution in [3.63, 3.8) is 0 Å². The Balaban J connectivity index is 1.61. The molecule has 1 fully saturated rings. The predicted octanol–water partition coefficient (Wildman–Crippen LogP) is 5.90. The van der Waals surface area contributed by atoms with Crippen LogP contribution in [0.5, 0.6) is 0 Å². The van der Waals surface area contributed by atoms with Crippen molar-refractivity contribution in [1.82, 2.24) is 0 Å². The third-order valence-corrected chi connectivity index (χ3v) is 14.2. The Labute approximate surface area is 318 Å². The van der Waals surface area contributed by atoms with Crippen molar-refractivity contribution in [2.45, 2.75) is 136 Å².